The first-order valence-corrected chi connectivity index (χ1v) is 9.88. The highest BCUT2D eigenvalue weighted by Crippen LogP contribution is 2.16. The summed E-state index contributed by atoms with van der Waals surface area (Å²) >= 11 is 0. The lowest BCUT2D eigenvalue weighted by Crippen LogP contribution is -1.96. The number of nitrogen functional groups attached to an aromatic ring is 1. The highest BCUT2D eigenvalue weighted by atomic mass is 16.6. The molecule has 0 radical (unpaired) electrons. The van der Waals surface area contributed by atoms with Crippen LogP contribution in [-0.4, -0.2) is 36.7 Å². The van der Waals surface area contributed by atoms with Crippen LogP contribution < -0.4 is 5.73 Å². The molecule has 3 aromatic carbocycles. The van der Waals surface area contributed by atoms with E-state index in [9.17, 15) is 25.0 Å². The van der Waals surface area contributed by atoms with Gasteiger partial charge in [-0.2, -0.15) is 0 Å². The number of rotatable bonds is 2. The van der Waals surface area contributed by atoms with Crippen LogP contribution in [0.15, 0.2) is 97.1 Å². The molecular weight excluding hydrogens is 472 g/mol. The summed E-state index contributed by atoms with van der Waals surface area (Å²) in [5, 5.41) is 53.2. The number of allylic oxidation sites excluding steroid dienone is 4. The third-order valence-electron chi connectivity index (χ3n) is 3.87. The number of hydrogen-bond donors (Lipinski definition) is 5. The van der Waals surface area contributed by atoms with Crippen LogP contribution in [0.1, 0.15) is 0 Å². The SMILES string of the molecule is N=C1C=CC(=O)C=C1.Nc1ccc(O)cc1.O=[N+]([O-])c1ccc(O)cc1.O=[N+]([O-])c1ccc(O)cc1. The Morgan fingerprint density at radius 3 is 1.17 bits per heavy atom. The Kier molecular flexibility index (Phi) is 11.6. The molecule has 0 fully saturated rings. The summed E-state index contributed by atoms with van der Waals surface area (Å²) in [6.45, 7) is 0. The molecule has 1 aliphatic carbocycles. The van der Waals surface area contributed by atoms with Gasteiger partial charge in [-0.3, -0.25) is 25.0 Å². The Balaban J connectivity index is 0.000000241. The number of non-ortho nitro benzene ring substituents is 2. The number of nitro groups is 2. The van der Waals surface area contributed by atoms with E-state index in [-0.39, 0.29) is 34.4 Å². The summed E-state index contributed by atoms with van der Waals surface area (Å²) in [4.78, 5) is 29.4. The smallest absolute Gasteiger partial charge is 0.269 e. The maximum atomic E-state index is 10.3. The fraction of sp³-hybridized carbons (Fsp3) is 0. The average molecular weight is 494 g/mol. The minimum Gasteiger partial charge on any atom is -0.508 e. The second-order valence-electron chi connectivity index (χ2n) is 6.66. The van der Waals surface area contributed by atoms with Gasteiger partial charge < -0.3 is 26.5 Å². The third-order valence-corrected chi connectivity index (χ3v) is 3.87. The average Bonchev–Trinajstić information content (AvgIpc) is 2.85. The van der Waals surface area contributed by atoms with Crippen molar-refractivity contribution in [3.05, 3.63) is 117 Å². The van der Waals surface area contributed by atoms with E-state index in [4.69, 9.17) is 26.5 Å². The van der Waals surface area contributed by atoms with Crippen LogP contribution in [0.25, 0.3) is 0 Å². The standard InChI is InChI=1S/2C6H5NO3.C6H7NO.C6H5NO/c2*8-6-3-1-5(2-4-6)7(9)10;2*7-5-1-3-6(8)4-2-5/h2*1-4,8H;1-4,8H,7H2;1-4,7H. The zero-order chi connectivity index (χ0) is 27.1. The van der Waals surface area contributed by atoms with Gasteiger partial charge in [0.2, 0.25) is 0 Å². The highest BCUT2D eigenvalue weighted by molar-refractivity contribution is 6.15. The van der Waals surface area contributed by atoms with Gasteiger partial charge in [0, 0.05) is 30.0 Å². The number of carbonyl (C=O) groups excluding carboxylic acids is 1. The first-order valence-electron chi connectivity index (χ1n) is 9.88. The molecule has 186 valence electrons. The highest BCUT2D eigenvalue weighted by Gasteiger charge is 2.02. The number of nitrogens with zero attached hydrogens (tertiary/aromatic N) is 2. The minimum absolute atomic E-state index is 0.0159. The molecule has 0 aromatic heterocycles. The minimum atomic E-state index is -0.514. The molecule has 0 saturated heterocycles. The lowest BCUT2D eigenvalue weighted by molar-refractivity contribution is -0.385. The Labute approximate surface area is 204 Å². The molecule has 1 aliphatic rings. The number of phenolic OH excluding ortho intramolecular Hbond substituents is 3. The van der Waals surface area contributed by atoms with E-state index in [2.05, 4.69) is 0 Å². The van der Waals surface area contributed by atoms with Crippen molar-refractivity contribution in [2.45, 2.75) is 0 Å². The van der Waals surface area contributed by atoms with Crippen molar-refractivity contribution in [3.63, 3.8) is 0 Å². The van der Waals surface area contributed by atoms with Crippen molar-refractivity contribution in [1.29, 1.82) is 5.41 Å². The molecule has 12 nitrogen and oxygen atoms in total. The Hall–Kier alpha value is -5.52. The topological polar surface area (TPSA) is 214 Å². The van der Waals surface area contributed by atoms with E-state index >= 15 is 0 Å². The van der Waals surface area contributed by atoms with E-state index in [1.165, 1.54) is 72.8 Å². The Morgan fingerprint density at radius 1 is 0.611 bits per heavy atom. The van der Waals surface area contributed by atoms with E-state index in [1.807, 2.05) is 0 Å². The number of ketones is 1. The molecule has 0 spiro atoms. The van der Waals surface area contributed by atoms with Crippen LogP contribution in [0, 0.1) is 25.6 Å². The summed E-state index contributed by atoms with van der Waals surface area (Å²) in [5.74, 6) is 0.274. The van der Waals surface area contributed by atoms with Crippen molar-refractivity contribution in [2.24, 2.45) is 0 Å². The lowest BCUT2D eigenvalue weighted by Gasteiger charge is -1.90. The van der Waals surface area contributed by atoms with Gasteiger partial charge in [-0.1, -0.05) is 0 Å². The molecule has 4 rings (SSSR count). The van der Waals surface area contributed by atoms with Gasteiger partial charge in [0.15, 0.2) is 5.78 Å². The molecule has 0 saturated carbocycles. The second kappa shape index (κ2) is 14.6. The predicted molar refractivity (Wildman–Crippen MR) is 133 cm³/mol. The number of anilines is 1. The van der Waals surface area contributed by atoms with Crippen LogP contribution in [-0.2, 0) is 4.79 Å². The number of nitrogens with two attached hydrogens (primary N) is 1. The summed E-state index contributed by atoms with van der Waals surface area (Å²) < 4.78 is 0. The van der Waals surface area contributed by atoms with Crippen LogP contribution in [0.2, 0.25) is 0 Å². The predicted octanol–water partition coefficient (Wildman–Crippen LogP) is 4.28. The number of aromatic hydroxyl groups is 3. The fourth-order valence-corrected chi connectivity index (χ4v) is 2.08. The van der Waals surface area contributed by atoms with Crippen molar-refractivity contribution >= 4 is 28.6 Å². The molecule has 0 atom stereocenters. The monoisotopic (exact) mass is 494 g/mol. The summed E-state index contributed by atoms with van der Waals surface area (Å²) in [6, 6.07) is 16.5. The van der Waals surface area contributed by atoms with Gasteiger partial charge in [-0.15, -0.1) is 0 Å². The fourth-order valence-electron chi connectivity index (χ4n) is 2.08. The zero-order valence-corrected chi connectivity index (χ0v) is 18.6. The van der Waals surface area contributed by atoms with Gasteiger partial charge in [0.25, 0.3) is 11.4 Å². The number of hydrogen-bond acceptors (Lipinski definition) is 10. The number of nitrogens with one attached hydrogen (secondary N) is 1. The van der Waals surface area contributed by atoms with E-state index in [1.54, 1.807) is 24.3 Å². The van der Waals surface area contributed by atoms with Gasteiger partial charge in [0.05, 0.1) is 15.6 Å². The van der Waals surface area contributed by atoms with E-state index in [0.717, 1.165) is 0 Å². The molecule has 0 unspecified atom stereocenters. The maximum absolute atomic E-state index is 10.3. The van der Waals surface area contributed by atoms with Gasteiger partial charge in [-0.25, -0.2) is 0 Å². The first kappa shape index (κ1) is 28.5. The maximum Gasteiger partial charge on any atom is 0.269 e. The van der Waals surface area contributed by atoms with Crippen LogP contribution in [0.3, 0.4) is 0 Å². The molecule has 0 aliphatic heterocycles. The van der Waals surface area contributed by atoms with E-state index < -0.39 is 9.85 Å². The Bertz CT molecular complexity index is 1120. The van der Waals surface area contributed by atoms with Crippen molar-refractivity contribution in [1.82, 2.24) is 0 Å². The van der Waals surface area contributed by atoms with Crippen LogP contribution >= 0.6 is 0 Å². The molecule has 0 bridgehead atoms. The molecule has 6 N–H and O–H groups in total. The van der Waals surface area contributed by atoms with Gasteiger partial charge in [0.1, 0.15) is 17.2 Å². The molecule has 0 heterocycles. The second-order valence-corrected chi connectivity index (χ2v) is 6.66. The van der Waals surface area contributed by atoms with E-state index in [0.29, 0.717) is 11.4 Å². The summed E-state index contributed by atoms with van der Waals surface area (Å²) in [5.41, 5.74) is 6.33. The first-order chi connectivity index (χ1) is 17.0. The van der Waals surface area contributed by atoms with Crippen LogP contribution in [0.4, 0.5) is 17.1 Å². The molecule has 12 heteroatoms. The van der Waals surface area contributed by atoms with Gasteiger partial charge in [-0.05, 0) is 72.8 Å². The molecular formula is C24H22N4O8. The van der Waals surface area contributed by atoms with Crippen molar-refractivity contribution in [2.75, 3.05) is 5.73 Å². The largest absolute Gasteiger partial charge is 0.508 e. The number of benzene rings is 3. The summed E-state index contributed by atoms with van der Waals surface area (Å²) in [6.07, 6.45) is 5.70. The molecule has 36 heavy (non-hydrogen) atoms. The van der Waals surface area contributed by atoms with Crippen molar-refractivity contribution < 1.29 is 30.0 Å². The normalized spacial score (nSPS) is 11.0. The lowest BCUT2D eigenvalue weighted by atomic mass is 10.2. The zero-order valence-electron chi connectivity index (χ0n) is 18.6. The number of nitro benzene ring substituents is 2. The molecule has 3 aromatic rings. The van der Waals surface area contributed by atoms with Crippen LogP contribution in [0.5, 0.6) is 17.2 Å². The molecule has 0 amide bonds. The number of carbonyl (C=O) groups is 1. The number of phenols is 3. The van der Waals surface area contributed by atoms with Crippen molar-refractivity contribution in [3.8, 4) is 17.2 Å². The third kappa shape index (κ3) is 11.9. The summed E-state index contributed by atoms with van der Waals surface area (Å²) in [7, 11) is 0. The quantitative estimate of drug-likeness (QED) is 0.113. The van der Waals surface area contributed by atoms with Gasteiger partial charge >= 0.3 is 0 Å². The Morgan fingerprint density at radius 2 is 0.917 bits per heavy atom.